The highest BCUT2D eigenvalue weighted by molar-refractivity contribution is 5.89. The summed E-state index contributed by atoms with van der Waals surface area (Å²) in [5.41, 5.74) is 1.23. The number of ether oxygens (including phenoxy) is 1. The fourth-order valence-electron chi connectivity index (χ4n) is 1.80. The molecule has 0 aliphatic heterocycles. The van der Waals surface area contributed by atoms with Crippen LogP contribution in [0.3, 0.4) is 0 Å². The van der Waals surface area contributed by atoms with E-state index in [9.17, 15) is 14.0 Å². The zero-order chi connectivity index (χ0) is 16.5. The number of nitrogens with one attached hydrogen (secondary N) is 1. The molecule has 0 unspecified atom stereocenters. The van der Waals surface area contributed by atoms with Gasteiger partial charge in [-0.3, -0.25) is 4.79 Å². The summed E-state index contributed by atoms with van der Waals surface area (Å²) in [6.45, 7) is -0.0183. The minimum absolute atomic E-state index is 0.276. The summed E-state index contributed by atoms with van der Waals surface area (Å²) in [6, 6.07) is 15.4. The van der Waals surface area contributed by atoms with E-state index in [0.29, 0.717) is 6.54 Å². The molecular weight excluding hydrogens is 297 g/mol. The highest BCUT2D eigenvalue weighted by Gasteiger charge is 2.05. The van der Waals surface area contributed by atoms with Gasteiger partial charge in [-0.15, -0.1) is 0 Å². The first-order chi connectivity index (χ1) is 11.1. The number of carbonyl (C=O) groups is 2. The van der Waals surface area contributed by atoms with Crippen molar-refractivity contribution >= 4 is 18.0 Å². The molecule has 5 heteroatoms. The van der Waals surface area contributed by atoms with Crippen LogP contribution in [0, 0.1) is 5.82 Å². The van der Waals surface area contributed by atoms with Crippen molar-refractivity contribution in [1.29, 1.82) is 0 Å². The molecule has 23 heavy (non-hydrogen) atoms. The monoisotopic (exact) mass is 313 g/mol. The first-order valence-electron chi connectivity index (χ1n) is 7.05. The molecule has 0 atom stereocenters. The molecule has 1 N–H and O–H groups in total. The maximum absolute atomic E-state index is 13.3. The van der Waals surface area contributed by atoms with E-state index in [-0.39, 0.29) is 12.2 Å². The van der Waals surface area contributed by atoms with E-state index in [4.69, 9.17) is 4.74 Å². The van der Waals surface area contributed by atoms with Crippen molar-refractivity contribution in [3.05, 3.63) is 77.6 Å². The molecule has 0 radical (unpaired) electrons. The molecule has 2 aromatic carbocycles. The maximum atomic E-state index is 13.3. The van der Waals surface area contributed by atoms with Gasteiger partial charge >= 0.3 is 5.97 Å². The van der Waals surface area contributed by atoms with Crippen LogP contribution in [-0.2, 0) is 20.9 Å². The summed E-state index contributed by atoms with van der Waals surface area (Å²) in [5, 5.41) is 2.64. The lowest BCUT2D eigenvalue weighted by Gasteiger charge is -2.05. The molecule has 0 aromatic heterocycles. The number of halogens is 1. The van der Waals surface area contributed by atoms with Gasteiger partial charge in [-0.25, -0.2) is 9.18 Å². The van der Waals surface area contributed by atoms with E-state index in [1.54, 1.807) is 12.1 Å². The second-order valence-corrected chi connectivity index (χ2v) is 4.72. The summed E-state index contributed by atoms with van der Waals surface area (Å²) >= 11 is 0. The summed E-state index contributed by atoms with van der Waals surface area (Å²) in [6.07, 6.45) is 2.39. The fraction of sp³-hybridized carbons (Fsp3) is 0.111. The first kappa shape index (κ1) is 16.4. The maximum Gasteiger partial charge on any atom is 0.331 e. The second-order valence-electron chi connectivity index (χ2n) is 4.72. The van der Waals surface area contributed by atoms with Crippen LogP contribution in [0.25, 0.3) is 6.08 Å². The Morgan fingerprint density at radius 1 is 1.04 bits per heavy atom. The van der Waals surface area contributed by atoms with Gasteiger partial charge in [0.1, 0.15) is 5.82 Å². The lowest BCUT2D eigenvalue weighted by Crippen LogP contribution is -2.28. The Morgan fingerprint density at radius 2 is 1.74 bits per heavy atom. The van der Waals surface area contributed by atoms with E-state index in [1.165, 1.54) is 18.2 Å². The van der Waals surface area contributed by atoms with Crippen LogP contribution < -0.4 is 5.32 Å². The van der Waals surface area contributed by atoms with E-state index < -0.39 is 17.7 Å². The number of esters is 1. The average Bonchev–Trinajstić information content (AvgIpc) is 2.58. The van der Waals surface area contributed by atoms with Gasteiger partial charge in [0.2, 0.25) is 0 Å². The Kier molecular flexibility index (Phi) is 6.06. The van der Waals surface area contributed by atoms with Crippen LogP contribution in [0.1, 0.15) is 11.1 Å². The van der Waals surface area contributed by atoms with Gasteiger partial charge in [-0.05, 0) is 17.7 Å². The number of carbonyl (C=O) groups excluding carboxylic acids is 2. The molecule has 0 bridgehead atoms. The van der Waals surface area contributed by atoms with Crippen LogP contribution >= 0.6 is 0 Å². The lowest BCUT2D eigenvalue weighted by molar-refractivity contribution is -0.143. The van der Waals surface area contributed by atoms with Crippen molar-refractivity contribution in [3.63, 3.8) is 0 Å². The van der Waals surface area contributed by atoms with Gasteiger partial charge in [0.05, 0.1) is 0 Å². The van der Waals surface area contributed by atoms with E-state index >= 15 is 0 Å². The van der Waals surface area contributed by atoms with E-state index in [2.05, 4.69) is 5.32 Å². The summed E-state index contributed by atoms with van der Waals surface area (Å²) in [5.74, 6) is -1.54. The van der Waals surface area contributed by atoms with Gasteiger partial charge in [-0.2, -0.15) is 0 Å². The largest absolute Gasteiger partial charge is 0.452 e. The van der Waals surface area contributed by atoms with Gasteiger partial charge in [-0.1, -0.05) is 48.5 Å². The molecule has 0 saturated carbocycles. The Hall–Kier alpha value is -2.95. The molecule has 0 saturated heterocycles. The Morgan fingerprint density at radius 3 is 2.48 bits per heavy atom. The third kappa shape index (κ3) is 5.74. The fourth-order valence-corrected chi connectivity index (χ4v) is 1.80. The number of amides is 1. The molecule has 0 heterocycles. The van der Waals surface area contributed by atoms with Gasteiger partial charge in [0.25, 0.3) is 5.91 Å². The smallest absolute Gasteiger partial charge is 0.331 e. The molecule has 0 spiro atoms. The predicted octanol–water partition coefficient (Wildman–Crippen LogP) is 2.70. The minimum Gasteiger partial charge on any atom is -0.452 e. The molecule has 118 valence electrons. The summed E-state index contributed by atoms with van der Waals surface area (Å²) in [7, 11) is 0. The normalized spacial score (nSPS) is 10.5. The Bertz CT molecular complexity index is 698. The van der Waals surface area contributed by atoms with Gasteiger partial charge < -0.3 is 10.1 Å². The van der Waals surface area contributed by atoms with Crippen LogP contribution in [0.5, 0.6) is 0 Å². The lowest BCUT2D eigenvalue weighted by atomic mass is 10.2. The quantitative estimate of drug-likeness (QED) is 0.659. The average molecular weight is 313 g/mol. The van der Waals surface area contributed by atoms with Gasteiger partial charge in [0.15, 0.2) is 6.61 Å². The highest BCUT2D eigenvalue weighted by atomic mass is 19.1. The van der Waals surface area contributed by atoms with E-state index in [0.717, 1.165) is 11.6 Å². The molecule has 0 aliphatic carbocycles. The van der Waals surface area contributed by atoms with Crippen molar-refractivity contribution in [2.75, 3.05) is 6.61 Å². The molecule has 2 aromatic rings. The molecule has 1 amide bonds. The molecule has 4 nitrogen and oxygen atoms in total. The number of hydrogen-bond donors (Lipinski definition) is 1. The SMILES string of the molecule is O=C(COC(=O)/C=C/c1ccccc1F)NCc1ccccc1. The molecule has 0 aliphatic rings. The number of rotatable bonds is 6. The third-order valence-corrected chi connectivity index (χ3v) is 2.98. The number of hydrogen-bond acceptors (Lipinski definition) is 3. The van der Waals surface area contributed by atoms with Crippen LogP contribution in [0.15, 0.2) is 60.7 Å². The molecular formula is C18H16FNO3. The Balaban J connectivity index is 1.73. The predicted molar refractivity (Wildman–Crippen MR) is 84.7 cm³/mol. The topological polar surface area (TPSA) is 55.4 Å². The van der Waals surface area contributed by atoms with Crippen LogP contribution in [0.4, 0.5) is 4.39 Å². The first-order valence-corrected chi connectivity index (χ1v) is 7.05. The van der Waals surface area contributed by atoms with Crippen molar-refractivity contribution < 1.29 is 18.7 Å². The second kappa shape index (κ2) is 8.48. The van der Waals surface area contributed by atoms with Crippen LogP contribution in [0.2, 0.25) is 0 Å². The zero-order valence-electron chi connectivity index (χ0n) is 12.4. The zero-order valence-corrected chi connectivity index (χ0v) is 12.4. The minimum atomic E-state index is -0.705. The van der Waals surface area contributed by atoms with E-state index in [1.807, 2.05) is 30.3 Å². The standard InChI is InChI=1S/C18H16FNO3/c19-16-9-5-4-8-15(16)10-11-18(22)23-13-17(21)20-12-14-6-2-1-3-7-14/h1-11H,12-13H2,(H,20,21)/b11-10+. The summed E-state index contributed by atoms with van der Waals surface area (Å²) in [4.78, 5) is 23.1. The van der Waals surface area contributed by atoms with Crippen molar-refractivity contribution in [2.45, 2.75) is 6.54 Å². The molecule has 0 fully saturated rings. The molecule has 2 rings (SSSR count). The summed E-state index contributed by atoms with van der Waals surface area (Å²) < 4.78 is 18.1. The van der Waals surface area contributed by atoms with Crippen molar-refractivity contribution in [3.8, 4) is 0 Å². The van der Waals surface area contributed by atoms with Gasteiger partial charge in [0, 0.05) is 18.2 Å². The third-order valence-electron chi connectivity index (χ3n) is 2.98. The van der Waals surface area contributed by atoms with Crippen LogP contribution in [-0.4, -0.2) is 18.5 Å². The number of benzene rings is 2. The van der Waals surface area contributed by atoms with Crippen molar-refractivity contribution in [2.24, 2.45) is 0 Å². The Labute approximate surface area is 133 Å². The van der Waals surface area contributed by atoms with Crippen molar-refractivity contribution in [1.82, 2.24) is 5.32 Å². The highest BCUT2D eigenvalue weighted by Crippen LogP contribution is 2.08.